The van der Waals surface area contributed by atoms with Gasteiger partial charge in [0.15, 0.2) is 6.61 Å². The molecule has 166 valence electrons. The van der Waals surface area contributed by atoms with Crippen LogP contribution in [0.4, 0.5) is 0 Å². The third-order valence-corrected chi connectivity index (χ3v) is 5.71. The highest BCUT2D eigenvalue weighted by Crippen LogP contribution is 2.20. The number of methoxy groups -OCH3 is 1. The van der Waals surface area contributed by atoms with Crippen molar-refractivity contribution in [2.45, 2.75) is 58.2 Å². The summed E-state index contributed by atoms with van der Waals surface area (Å²) in [6.07, 6.45) is 4.27. The lowest BCUT2D eigenvalue weighted by molar-refractivity contribution is -0.142. The fourth-order valence-electron chi connectivity index (χ4n) is 3.88. The quantitative estimate of drug-likeness (QED) is 0.664. The average molecular weight is 425 g/mol. The van der Waals surface area contributed by atoms with Crippen molar-refractivity contribution >= 4 is 11.8 Å². The molecule has 6 nitrogen and oxygen atoms in total. The molecule has 1 aliphatic carbocycles. The van der Waals surface area contributed by atoms with Gasteiger partial charge in [0.25, 0.3) is 5.91 Å². The Hall–Kier alpha value is -3.02. The molecule has 2 amide bonds. The zero-order valence-corrected chi connectivity index (χ0v) is 18.6. The second-order valence-electron chi connectivity index (χ2n) is 8.14. The number of nitrogens with zero attached hydrogens (tertiary/aromatic N) is 1. The normalized spacial score (nSPS) is 14.7. The number of ether oxygens (including phenoxy) is 2. The molecular formula is C25H32N2O4. The maximum atomic E-state index is 13.1. The Morgan fingerprint density at radius 3 is 2.52 bits per heavy atom. The number of aryl methyl sites for hydroxylation is 1. The van der Waals surface area contributed by atoms with Crippen molar-refractivity contribution in [1.29, 1.82) is 0 Å². The topological polar surface area (TPSA) is 67.9 Å². The highest BCUT2D eigenvalue weighted by atomic mass is 16.5. The van der Waals surface area contributed by atoms with E-state index in [0.717, 1.165) is 36.8 Å². The van der Waals surface area contributed by atoms with E-state index in [2.05, 4.69) is 5.32 Å². The zero-order chi connectivity index (χ0) is 22.2. The summed E-state index contributed by atoms with van der Waals surface area (Å²) in [7, 11) is 1.61. The summed E-state index contributed by atoms with van der Waals surface area (Å²) in [6, 6.07) is 14.7. The molecule has 1 saturated carbocycles. The van der Waals surface area contributed by atoms with Crippen molar-refractivity contribution in [1.82, 2.24) is 10.2 Å². The third kappa shape index (κ3) is 6.48. The Labute approximate surface area is 184 Å². The lowest BCUT2D eigenvalue weighted by atomic mass is 10.1. The molecule has 0 radical (unpaired) electrons. The SMILES string of the molecule is COc1cccc(CN(C(=O)COc2cccc(C)c2)[C@@H](C)C(=O)NC2CCCC2)c1. The minimum absolute atomic E-state index is 0.126. The van der Waals surface area contributed by atoms with Crippen LogP contribution in [-0.4, -0.2) is 42.5 Å². The Morgan fingerprint density at radius 2 is 1.81 bits per heavy atom. The van der Waals surface area contributed by atoms with Crippen molar-refractivity contribution in [2.75, 3.05) is 13.7 Å². The molecule has 0 spiro atoms. The van der Waals surface area contributed by atoms with Gasteiger partial charge in [-0.2, -0.15) is 0 Å². The van der Waals surface area contributed by atoms with Gasteiger partial charge in [0.1, 0.15) is 17.5 Å². The number of nitrogens with one attached hydrogen (secondary N) is 1. The fraction of sp³-hybridized carbons (Fsp3) is 0.440. The Bertz CT molecular complexity index is 893. The van der Waals surface area contributed by atoms with Gasteiger partial charge in [-0.25, -0.2) is 0 Å². The molecule has 6 heteroatoms. The highest BCUT2D eigenvalue weighted by molar-refractivity contribution is 5.88. The molecular weight excluding hydrogens is 392 g/mol. The summed E-state index contributed by atoms with van der Waals surface area (Å²) in [4.78, 5) is 27.6. The molecule has 0 aromatic heterocycles. The van der Waals surface area contributed by atoms with Gasteiger partial charge in [-0.3, -0.25) is 9.59 Å². The first kappa shape index (κ1) is 22.7. The predicted octanol–water partition coefficient (Wildman–Crippen LogP) is 3.86. The predicted molar refractivity (Wildman–Crippen MR) is 120 cm³/mol. The van der Waals surface area contributed by atoms with Gasteiger partial charge in [-0.15, -0.1) is 0 Å². The van der Waals surface area contributed by atoms with Crippen LogP contribution in [0.25, 0.3) is 0 Å². The Morgan fingerprint density at radius 1 is 1.10 bits per heavy atom. The molecule has 2 aromatic rings. The van der Waals surface area contributed by atoms with Gasteiger partial charge >= 0.3 is 0 Å². The summed E-state index contributed by atoms with van der Waals surface area (Å²) in [5, 5.41) is 3.11. The highest BCUT2D eigenvalue weighted by Gasteiger charge is 2.28. The Kier molecular flexibility index (Phi) is 7.93. The molecule has 1 N–H and O–H groups in total. The van der Waals surface area contributed by atoms with Crippen LogP contribution < -0.4 is 14.8 Å². The largest absolute Gasteiger partial charge is 0.497 e. The molecule has 1 atom stereocenters. The smallest absolute Gasteiger partial charge is 0.261 e. The van der Waals surface area contributed by atoms with Crippen LogP contribution in [-0.2, 0) is 16.1 Å². The summed E-state index contributed by atoms with van der Waals surface area (Å²) >= 11 is 0. The minimum Gasteiger partial charge on any atom is -0.497 e. The lowest BCUT2D eigenvalue weighted by Gasteiger charge is -2.29. The van der Waals surface area contributed by atoms with E-state index in [9.17, 15) is 9.59 Å². The second kappa shape index (κ2) is 10.8. The molecule has 0 saturated heterocycles. The number of amides is 2. The monoisotopic (exact) mass is 424 g/mol. The number of carbonyl (C=O) groups excluding carboxylic acids is 2. The molecule has 3 rings (SSSR count). The van der Waals surface area contributed by atoms with Crippen LogP contribution >= 0.6 is 0 Å². The molecule has 0 heterocycles. The van der Waals surface area contributed by atoms with Crippen LogP contribution in [0.15, 0.2) is 48.5 Å². The minimum atomic E-state index is -0.611. The molecule has 0 bridgehead atoms. The van der Waals surface area contributed by atoms with E-state index in [1.165, 1.54) is 0 Å². The average Bonchev–Trinajstić information content (AvgIpc) is 3.28. The maximum Gasteiger partial charge on any atom is 0.261 e. The van der Waals surface area contributed by atoms with E-state index >= 15 is 0 Å². The van der Waals surface area contributed by atoms with Crippen LogP contribution in [0.2, 0.25) is 0 Å². The fourth-order valence-corrected chi connectivity index (χ4v) is 3.88. The lowest BCUT2D eigenvalue weighted by Crippen LogP contribution is -2.50. The van der Waals surface area contributed by atoms with E-state index in [-0.39, 0.29) is 24.5 Å². The molecule has 31 heavy (non-hydrogen) atoms. The molecule has 0 unspecified atom stereocenters. The first-order valence-electron chi connectivity index (χ1n) is 10.9. The van der Waals surface area contributed by atoms with E-state index in [4.69, 9.17) is 9.47 Å². The van der Waals surface area contributed by atoms with Gasteiger partial charge in [-0.05, 0) is 62.1 Å². The van der Waals surface area contributed by atoms with Crippen molar-refractivity contribution in [3.8, 4) is 11.5 Å². The summed E-state index contributed by atoms with van der Waals surface area (Å²) in [5.74, 6) is 0.985. The van der Waals surface area contributed by atoms with Gasteiger partial charge in [-0.1, -0.05) is 37.1 Å². The summed E-state index contributed by atoms with van der Waals surface area (Å²) in [5.41, 5.74) is 1.95. The van der Waals surface area contributed by atoms with Crippen molar-refractivity contribution in [3.05, 3.63) is 59.7 Å². The van der Waals surface area contributed by atoms with Gasteiger partial charge in [0.05, 0.1) is 7.11 Å². The maximum absolute atomic E-state index is 13.1. The molecule has 1 aliphatic rings. The Balaban J connectivity index is 1.72. The zero-order valence-electron chi connectivity index (χ0n) is 18.6. The van der Waals surface area contributed by atoms with Crippen LogP contribution in [0.3, 0.4) is 0 Å². The molecule has 1 fully saturated rings. The van der Waals surface area contributed by atoms with Crippen molar-refractivity contribution in [3.63, 3.8) is 0 Å². The van der Waals surface area contributed by atoms with Crippen LogP contribution in [0.5, 0.6) is 11.5 Å². The summed E-state index contributed by atoms with van der Waals surface area (Å²) in [6.45, 7) is 3.91. The van der Waals surface area contributed by atoms with E-state index in [0.29, 0.717) is 18.0 Å². The van der Waals surface area contributed by atoms with Gasteiger partial charge in [0, 0.05) is 12.6 Å². The first-order chi connectivity index (χ1) is 15.0. The number of hydrogen-bond donors (Lipinski definition) is 1. The first-order valence-corrected chi connectivity index (χ1v) is 10.9. The number of carbonyl (C=O) groups is 2. The van der Waals surface area contributed by atoms with Gasteiger partial charge < -0.3 is 19.7 Å². The van der Waals surface area contributed by atoms with Gasteiger partial charge in [0.2, 0.25) is 5.91 Å². The number of rotatable bonds is 9. The number of benzene rings is 2. The third-order valence-electron chi connectivity index (χ3n) is 5.71. The van der Waals surface area contributed by atoms with Crippen LogP contribution in [0.1, 0.15) is 43.7 Å². The van der Waals surface area contributed by atoms with E-state index in [1.807, 2.05) is 55.5 Å². The standard InChI is InChI=1S/C25H32N2O4/c1-18-8-6-13-23(14-18)31-17-24(28)27(16-20-9-7-12-22(15-20)30-3)19(2)25(29)26-21-10-4-5-11-21/h6-9,12-15,19,21H,4-5,10-11,16-17H2,1-3H3,(H,26,29)/t19-/m0/s1. The van der Waals surface area contributed by atoms with Crippen LogP contribution in [0, 0.1) is 6.92 Å². The van der Waals surface area contributed by atoms with E-state index in [1.54, 1.807) is 18.9 Å². The molecule has 2 aromatic carbocycles. The van der Waals surface area contributed by atoms with E-state index < -0.39 is 6.04 Å². The van der Waals surface area contributed by atoms with Crippen molar-refractivity contribution in [2.24, 2.45) is 0 Å². The molecule has 0 aliphatic heterocycles. The second-order valence-corrected chi connectivity index (χ2v) is 8.14. The summed E-state index contributed by atoms with van der Waals surface area (Å²) < 4.78 is 11.0. The van der Waals surface area contributed by atoms with Crippen molar-refractivity contribution < 1.29 is 19.1 Å². The number of hydrogen-bond acceptors (Lipinski definition) is 4.